The highest BCUT2D eigenvalue weighted by atomic mass is 16.1. The minimum atomic E-state index is 0.0668. The van der Waals surface area contributed by atoms with Crippen LogP contribution >= 0.6 is 0 Å². The van der Waals surface area contributed by atoms with Crippen molar-refractivity contribution in [3.8, 4) is 0 Å². The zero-order valence-electron chi connectivity index (χ0n) is 9.95. The Hall–Kier alpha value is -1.58. The molecule has 1 atom stereocenters. The second-order valence-electron chi connectivity index (χ2n) is 4.27. The van der Waals surface area contributed by atoms with Gasteiger partial charge < -0.3 is 10.2 Å². The molecule has 1 aliphatic rings. The molecule has 1 N–H and O–H groups in total. The Balaban J connectivity index is 2.49. The Morgan fingerprint density at radius 2 is 2.38 bits per heavy atom. The molecule has 16 heavy (non-hydrogen) atoms. The Morgan fingerprint density at radius 1 is 1.62 bits per heavy atom. The van der Waals surface area contributed by atoms with Crippen LogP contribution in [0.15, 0.2) is 12.3 Å². The third-order valence-electron chi connectivity index (χ3n) is 2.90. The van der Waals surface area contributed by atoms with Crippen LogP contribution < -0.4 is 10.2 Å². The summed E-state index contributed by atoms with van der Waals surface area (Å²) in [6.45, 7) is 6.97. The van der Waals surface area contributed by atoms with E-state index in [2.05, 4.69) is 29.0 Å². The van der Waals surface area contributed by atoms with Crippen LogP contribution in [0.1, 0.15) is 25.8 Å². The second-order valence-corrected chi connectivity index (χ2v) is 4.27. The van der Waals surface area contributed by atoms with Gasteiger partial charge in [-0.2, -0.15) is 0 Å². The molecule has 0 bridgehead atoms. The van der Waals surface area contributed by atoms with Gasteiger partial charge in [0.1, 0.15) is 0 Å². The maximum atomic E-state index is 11.7. The average Bonchev–Trinajstić information content (AvgIpc) is 2.32. The first-order chi connectivity index (χ1) is 7.61. The molecule has 4 heteroatoms. The van der Waals surface area contributed by atoms with Gasteiger partial charge in [0, 0.05) is 25.2 Å². The van der Waals surface area contributed by atoms with Gasteiger partial charge in [0.05, 0.1) is 5.69 Å². The number of carbonyl (C=O) groups is 1. The predicted octanol–water partition coefficient (Wildman–Crippen LogP) is 1.95. The van der Waals surface area contributed by atoms with Crippen molar-refractivity contribution in [2.75, 3.05) is 16.8 Å². The number of carbonyl (C=O) groups excluding carboxylic acids is 1. The number of rotatable bonds is 1. The second kappa shape index (κ2) is 4.12. The number of anilines is 2. The quantitative estimate of drug-likeness (QED) is 0.785. The van der Waals surface area contributed by atoms with E-state index in [9.17, 15) is 4.79 Å². The van der Waals surface area contributed by atoms with E-state index in [1.54, 1.807) is 0 Å². The highest BCUT2D eigenvalue weighted by Crippen LogP contribution is 2.29. The predicted molar refractivity (Wildman–Crippen MR) is 64.7 cm³/mol. The highest BCUT2D eigenvalue weighted by Gasteiger charge is 2.24. The number of hydrogen-bond donors (Lipinski definition) is 1. The number of aryl methyl sites for hydroxylation is 1. The van der Waals surface area contributed by atoms with E-state index in [0.29, 0.717) is 6.42 Å². The minimum Gasteiger partial charge on any atom is -0.352 e. The van der Waals surface area contributed by atoms with Crippen LogP contribution in [-0.2, 0) is 4.79 Å². The maximum absolute atomic E-state index is 11.7. The Kier molecular flexibility index (Phi) is 2.81. The summed E-state index contributed by atoms with van der Waals surface area (Å²) in [6.07, 6.45) is 2.36. The fourth-order valence-corrected chi connectivity index (χ4v) is 2.13. The molecule has 86 valence electrons. The molecule has 1 aliphatic heterocycles. The van der Waals surface area contributed by atoms with E-state index in [0.717, 1.165) is 23.6 Å². The van der Waals surface area contributed by atoms with Crippen LogP contribution in [0.5, 0.6) is 0 Å². The van der Waals surface area contributed by atoms with Gasteiger partial charge in [0.25, 0.3) is 0 Å². The van der Waals surface area contributed by atoms with Gasteiger partial charge in [-0.1, -0.05) is 0 Å². The number of hydrogen-bond acceptors (Lipinski definition) is 3. The number of fused-ring (bicyclic) bond motifs is 1. The molecule has 1 unspecified atom stereocenters. The van der Waals surface area contributed by atoms with Gasteiger partial charge in [0.15, 0.2) is 5.82 Å². The third-order valence-corrected chi connectivity index (χ3v) is 2.90. The summed E-state index contributed by atoms with van der Waals surface area (Å²) in [7, 11) is 0. The number of amides is 1. The van der Waals surface area contributed by atoms with Crippen molar-refractivity contribution in [1.82, 2.24) is 4.98 Å². The van der Waals surface area contributed by atoms with Crippen molar-refractivity contribution in [3.63, 3.8) is 0 Å². The van der Waals surface area contributed by atoms with Gasteiger partial charge in [-0.3, -0.25) is 4.79 Å². The summed E-state index contributed by atoms with van der Waals surface area (Å²) in [6, 6.07) is 2.17. The topological polar surface area (TPSA) is 45.2 Å². The summed E-state index contributed by atoms with van der Waals surface area (Å²) >= 11 is 0. The Labute approximate surface area is 95.7 Å². The lowest BCUT2D eigenvalue weighted by atomic mass is 10.2. The average molecular weight is 219 g/mol. The first-order valence-corrected chi connectivity index (χ1v) is 5.65. The van der Waals surface area contributed by atoms with Gasteiger partial charge in [-0.05, 0) is 32.4 Å². The zero-order chi connectivity index (χ0) is 11.7. The van der Waals surface area contributed by atoms with E-state index in [-0.39, 0.29) is 11.9 Å². The Morgan fingerprint density at radius 3 is 3.06 bits per heavy atom. The molecule has 0 spiro atoms. The minimum absolute atomic E-state index is 0.0668. The third kappa shape index (κ3) is 1.87. The normalized spacial score (nSPS) is 20.1. The SMILES string of the molecule is CCN1c2ncc(C)cc2NC(=O)CC1C. The highest BCUT2D eigenvalue weighted by molar-refractivity contribution is 5.95. The Bertz CT molecular complexity index is 417. The van der Waals surface area contributed by atoms with Crippen molar-refractivity contribution < 1.29 is 4.79 Å². The summed E-state index contributed by atoms with van der Waals surface area (Å²) in [5.74, 6) is 0.948. The van der Waals surface area contributed by atoms with E-state index >= 15 is 0 Å². The lowest BCUT2D eigenvalue weighted by Crippen LogP contribution is -2.33. The molecular weight excluding hydrogens is 202 g/mol. The molecule has 2 rings (SSSR count). The van der Waals surface area contributed by atoms with E-state index in [1.165, 1.54) is 0 Å². The first kappa shape index (κ1) is 10.9. The number of pyridine rings is 1. The van der Waals surface area contributed by atoms with E-state index in [4.69, 9.17) is 0 Å². The molecule has 2 heterocycles. The van der Waals surface area contributed by atoms with Crippen LogP contribution in [0, 0.1) is 6.92 Å². The first-order valence-electron chi connectivity index (χ1n) is 5.65. The standard InChI is InChI=1S/C12H17N3O/c1-4-15-9(3)6-11(16)14-10-5-8(2)7-13-12(10)15/h5,7,9H,4,6H2,1-3H3,(H,14,16). The smallest absolute Gasteiger partial charge is 0.226 e. The summed E-state index contributed by atoms with van der Waals surface area (Å²) < 4.78 is 0. The van der Waals surface area contributed by atoms with E-state index < -0.39 is 0 Å². The molecular formula is C12H17N3O. The number of nitrogens with zero attached hydrogens (tertiary/aromatic N) is 2. The fraction of sp³-hybridized carbons (Fsp3) is 0.500. The van der Waals surface area contributed by atoms with Crippen LogP contribution in [0.4, 0.5) is 11.5 Å². The summed E-state index contributed by atoms with van der Waals surface area (Å²) in [4.78, 5) is 18.2. The molecule has 0 saturated heterocycles. The molecule has 0 radical (unpaired) electrons. The van der Waals surface area contributed by atoms with Crippen molar-refractivity contribution >= 4 is 17.4 Å². The van der Waals surface area contributed by atoms with Crippen molar-refractivity contribution in [1.29, 1.82) is 0 Å². The molecule has 1 aromatic heterocycles. The van der Waals surface area contributed by atoms with Crippen LogP contribution in [0.3, 0.4) is 0 Å². The fourth-order valence-electron chi connectivity index (χ4n) is 2.13. The van der Waals surface area contributed by atoms with Gasteiger partial charge >= 0.3 is 0 Å². The van der Waals surface area contributed by atoms with Gasteiger partial charge in [-0.15, -0.1) is 0 Å². The van der Waals surface area contributed by atoms with Crippen molar-refractivity contribution in [3.05, 3.63) is 17.8 Å². The lowest BCUT2D eigenvalue weighted by molar-refractivity contribution is -0.116. The molecule has 4 nitrogen and oxygen atoms in total. The zero-order valence-corrected chi connectivity index (χ0v) is 9.95. The van der Waals surface area contributed by atoms with Crippen molar-refractivity contribution in [2.45, 2.75) is 33.2 Å². The summed E-state index contributed by atoms with van der Waals surface area (Å²) in [5.41, 5.74) is 1.89. The van der Waals surface area contributed by atoms with Gasteiger partial charge in [-0.25, -0.2) is 4.98 Å². The van der Waals surface area contributed by atoms with Crippen molar-refractivity contribution in [2.24, 2.45) is 0 Å². The van der Waals surface area contributed by atoms with Gasteiger partial charge in [0.2, 0.25) is 5.91 Å². The van der Waals surface area contributed by atoms with Crippen LogP contribution in [0.25, 0.3) is 0 Å². The molecule has 1 aromatic rings. The van der Waals surface area contributed by atoms with Crippen LogP contribution in [0.2, 0.25) is 0 Å². The molecule has 1 amide bonds. The molecule has 0 aliphatic carbocycles. The summed E-state index contributed by atoms with van der Waals surface area (Å²) in [5, 5.41) is 2.91. The van der Waals surface area contributed by atoms with E-state index in [1.807, 2.05) is 19.2 Å². The maximum Gasteiger partial charge on any atom is 0.226 e. The number of nitrogens with one attached hydrogen (secondary N) is 1. The molecule has 0 saturated carbocycles. The lowest BCUT2D eigenvalue weighted by Gasteiger charge is -2.27. The molecule has 0 fully saturated rings. The number of aromatic nitrogens is 1. The molecule has 0 aromatic carbocycles. The monoisotopic (exact) mass is 219 g/mol. The van der Waals surface area contributed by atoms with Crippen LogP contribution in [-0.4, -0.2) is 23.5 Å². The largest absolute Gasteiger partial charge is 0.352 e.